The molecule has 0 heterocycles. The molecule has 0 spiro atoms. The van der Waals surface area contributed by atoms with Crippen molar-refractivity contribution in [2.45, 2.75) is 26.7 Å². The zero-order valence-electron chi connectivity index (χ0n) is 13.1. The van der Waals surface area contributed by atoms with Crippen LogP contribution >= 0.6 is 0 Å². The molecule has 124 valence electrons. The van der Waals surface area contributed by atoms with Crippen molar-refractivity contribution in [2.24, 2.45) is 0 Å². The lowest BCUT2D eigenvalue weighted by molar-refractivity contribution is -0.121. The van der Waals surface area contributed by atoms with Gasteiger partial charge < -0.3 is 10.1 Å². The lowest BCUT2D eigenvalue weighted by atomic mass is 10.2. The number of aryl methyl sites for hydroxylation is 1. The van der Waals surface area contributed by atoms with Gasteiger partial charge in [-0.05, 0) is 32.4 Å². The van der Waals surface area contributed by atoms with Gasteiger partial charge in [0.15, 0.2) is 0 Å². The number of rotatable bonds is 10. The third-order valence-corrected chi connectivity index (χ3v) is 4.39. The SMILES string of the molecule is CCS(=O)(=O)NCCNC(=O)CCCOc1ccc(C)cc1. The maximum atomic E-state index is 11.5. The fourth-order valence-corrected chi connectivity index (χ4v) is 2.27. The van der Waals surface area contributed by atoms with E-state index in [9.17, 15) is 13.2 Å². The molecule has 0 saturated heterocycles. The van der Waals surface area contributed by atoms with Crippen LogP contribution in [0.4, 0.5) is 0 Å². The summed E-state index contributed by atoms with van der Waals surface area (Å²) in [6, 6.07) is 7.74. The van der Waals surface area contributed by atoms with Gasteiger partial charge in [-0.3, -0.25) is 4.79 Å². The van der Waals surface area contributed by atoms with Crippen molar-refractivity contribution in [1.29, 1.82) is 0 Å². The van der Waals surface area contributed by atoms with Gasteiger partial charge in [0.2, 0.25) is 15.9 Å². The Balaban J connectivity index is 2.07. The first-order valence-electron chi connectivity index (χ1n) is 7.36. The van der Waals surface area contributed by atoms with Crippen molar-refractivity contribution >= 4 is 15.9 Å². The molecular weight excluding hydrogens is 304 g/mol. The van der Waals surface area contributed by atoms with E-state index in [1.54, 1.807) is 6.92 Å². The molecule has 1 rings (SSSR count). The summed E-state index contributed by atoms with van der Waals surface area (Å²) in [4.78, 5) is 11.5. The summed E-state index contributed by atoms with van der Waals surface area (Å²) in [6.45, 7) is 4.54. The Hall–Kier alpha value is -1.60. The lowest BCUT2D eigenvalue weighted by Crippen LogP contribution is -2.35. The molecule has 0 saturated carbocycles. The highest BCUT2D eigenvalue weighted by molar-refractivity contribution is 7.89. The second kappa shape index (κ2) is 9.42. The second-order valence-electron chi connectivity index (χ2n) is 4.91. The normalized spacial score (nSPS) is 11.2. The van der Waals surface area contributed by atoms with Crippen molar-refractivity contribution in [3.05, 3.63) is 29.8 Å². The highest BCUT2D eigenvalue weighted by atomic mass is 32.2. The summed E-state index contributed by atoms with van der Waals surface area (Å²) in [5.74, 6) is 0.722. The van der Waals surface area contributed by atoms with E-state index >= 15 is 0 Å². The predicted octanol–water partition coefficient (Wildman–Crippen LogP) is 1.21. The summed E-state index contributed by atoms with van der Waals surface area (Å²) in [5, 5.41) is 2.66. The van der Waals surface area contributed by atoms with Crippen LogP contribution in [0, 0.1) is 6.92 Å². The minimum Gasteiger partial charge on any atom is -0.494 e. The van der Waals surface area contributed by atoms with E-state index in [4.69, 9.17) is 4.74 Å². The Labute approximate surface area is 132 Å². The van der Waals surface area contributed by atoms with Gasteiger partial charge in [-0.1, -0.05) is 17.7 Å². The number of benzene rings is 1. The summed E-state index contributed by atoms with van der Waals surface area (Å²) in [7, 11) is -3.19. The molecule has 0 bridgehead atoms. The molecule has 0 aromatic heterocycles. The number of sulfonamides is 1. The molecule has 0 atom stereocenters. The largest absolute Gasteiger partial charge is 0.494 e. The number of hydrogen-bond donors (Lipinski definition) is 2. The van der Waals surface area contributed by atoms with E-state index in [-0.39, 0.29) is 24.7 Å². The van der Waals surface area contributed by atoms with Gasteiger partial charge in [-0.25, -0.2) is 13.1 Å². The molecule has 0 aliphatic rings. The average molecular weight is 328 g/mol. The van der Waals surface area contributed by atoms with E-state index < -0.39 is 10.0 Å². The van der Waals surface area contributed by atoms with Crippen LogP contribution in [-0.2, 0) is 14.8 Å². The number of hydrogen-bond acceptors (Lipinski definition) is 4. The maximum absolute atomic E-state index is 11.5. The maximum Gasteiger partial charge on any atom is 0.220 e. The molecule has 0 aliphatic carbocycles. The van der Waals surface area contributed by atoms with Crippen molar-refractivity contribution in [2.75, 3.05) is 25.4 Å². The number of carbonyl (C=O) groups excluding carboxylic acids is 1. The predicted molar refractivity (Wildman–Crippen MR) is 86.4 cm³/mol. The molecule has 2 N–H and O–H groups in total. The third kappa shape index (κ3) is 7.99. The standard InChI is InChI=1S/C15H24N2O4S/c1-3-22(19,20)17-11-10-16-15(18)5-4-12-21-14-8-6-13(2)7-9-14/h6-9,17H,3-5,10-12H2,1-2H3,(H,16,18). The molecule has 22 heavy (non-hydrogen) atoms. The average Bonchev–Trinajstić information content (AvgIpc) is 2.50. The number of nitrogens with one attached hydrogen (secondary N) is 2. The van der Waals surface area contributed by atoms with Gasteiger partial charge in [-0.2, -0.15) is 0 Å². The van der Waals surface area contributed by atoms with Crippen LogP contribution in [0.2, 0.25) is 0 Å². The van der Waals surface area contributed by atoms with Crippen molar-refractivity contribution in [3.8, 4) is 5.75 Å². The zero-order chi connectivity index (χ0) is 16.4. The second-order valence-corrected chi connectivity index (χ2v) is 7.01. The Bertz CT molecular complexity index is 555. The van der Waals surface area contributed by atoms with E-state index in [0.29, 0.717) is 19.4 Å². The third-order valence-electron chi connectivity index (χ3n) is 2.99. The molecule has 0 aliphatic heterocycles. The smallest absolute Gasteiger partial charge is 0.220 e. The van der Waals surface area contributed by atoms with Gasteiger partial charge in [0.25, 0.3) is 0 Å². The van der Waals surface area contributed by atoms with E-state index in [2.05, 4.69) is 10.0 Å². The molecule has 1 aromatic rings. The Morgan fingerprint density at radius 2 is 1.86 bits per heavy atom. The zero-order valence-corrected chi connectivity index (χ0v) is 13.9. The summed E-state index contributed by atoms with van der Waals surface area (Å²) >= 11 is 0. The molecule has 0 fully saturated rings. The highest BCUT2D eigenvalue weighted by Gasteiger charge is 2.05. The van der Waals surface area contributed by atoms with Crippen LogP contribution in [0.5, 0.6) is 5.75 Å². The quantitative estimate of drug-likeness (QED) is 0.632. The van der Waals surface area contributed by atoms with Crippen molar-refractivity contribution in [1.82, 2.24) is 10.0 Å². The molecule has 0 unspecified atom stereocenters. The fourth-order valence-electron chi connectivity index (χ4n) is 1.66. The van der Waals surface area contributed by atoms with Crippen LogP contribution in [-0.4, -0.2) is 39.8 Å². The topological polar surface area (TPSA) is 84.5 Å². The highest BCUT2D eigenvalue weighted by Crippen LogP contribution is 2.11. The molecule has 7 heteroatoms. The van der Waals surface area contributed by atoms with Crippen molar-refractivity contribution in [3.63, 3.8) is 0 Å². The molecule has 1 amide bonds. The molecule has 0 radical (unpaired) electrons. The minimum absolute atomic E-state index is 0.0390. The molecule has 1 aromatic carbocycles. The number of amides is 1. The Kier molecular flexibility index (Phi) is 7.90. The van der Waals surface area contributed by atoms with Crippen LogP contribution in [0.15, 0.2) is 24.3 Å². The van der Waals surface area contributed by atoms with Gasteiger partial charge in [0.1, 0.15) is 5.75 Å². The number of ether oxygens (including phenoxy) is 1. The first kappa shape index (κ1) is 18.4. The van der Waals surface area contributed by atoms with Crippen LogP contribution in [0.3, 0.4) is 0 Å². The van der Waals surface area contributed by atoms with E-state index in [1.807, 2.05) is 31.2 Å². The van der Waals surface area contributed by atoms with Crippen molar-refractivity contribution < 1.29 is 17.9 Å². The van der Waals surface area contributed by atoms with Gasteiger partial charge in [-0.15, -0.1) is 0 Å². The summed E-state index contributed by atoms with van der Waals surface area (Å²) in [5.41, 5.74) is 1.17. The first-order chi connectivity index (χ1) is 10.4. The molecule has 6 nitrogen and oxygen atoms in total. The fraction of sp³-hybridized carbons (Fsp3) is 0.533. The summed E-state index contributed by atoms with van der Waals surface area (Å²) in [6.07, 6.45) is 0.965. The van der Waals surface area contributed by atoms with Gasteiger partial charge in [0, 0.05) is 19.5 Å². The Morgan fingerprint density at radius 1 is 1.18 bits per heavy atom. The van der Waals surface area contributed by atoms with E-state index in [1.165, 1.54) is 5.56 Å². The lowest BCUT2D eigenvalue weighted by Gasteiger charge is -2.08. The molecular formula is C15H24N2O4S. The number of carbonyl (C=O) groups is 1. The van der Waals surface area contributed by atoms with Gasteiger partial charge in [0.05, 0.1) is 12.4 Å². The van der Waals surface area contributed by atoms with Crippen LogP contribution < -0.4 is 14.8 Å². The minimum atomic E-state index is -3.19. The monoisotopic (exact) mass is 328 g/mol. The summed E-state index contributed by atoms with van der Waals surface area (Å²) < 4.78 is 30.3. The van der Waals surface area contributed by atoms with Gasteiger partial charge >= 0.3 is 0 Å². The van der Waals surface area contributed by atoms with Crippen LogP contribution in [0.25, 0.3) is 0 Å². The Morgan fingerprint density at radius 3 is 2.50 bits per heavy atom. The van der Waals surface area contributed by atoms with E-state index in [0.717, 1.165) is 5.75 Å². The van der Waals surface area contributed by atoms with Crippen LogP contribution in [0.1, 0.15) is 25.3 Å². The first-order valence-corrected chi connectivity index (χ1v) is 9.01.